The number of non-ortho nitro benzene ring substituents is 1. The lowest BCUT2D eigenvalue weighted by Crippen LogP contribution is -2.36. The van der Waals surface area contributed by atoms with Crippen molar-refractivity contribution in [2.75, 3.05) is 45.4 Å². The van der Waals surface area contributed by atoms with Gasteiger partial charge in [-0.25, -0.2) is 4.79 Å². The molecule has 0 aromatic heterocycles. The Kier molecular flexibility index (Phi) is 6.63. The largest absolute Gasteiger partial charge is 0.465 e. The van der Waals surface area contributed by atoms with Gasteiger partial charge in [-0.05, 0) is 23.8 Å². The topological polar surface area (TPSA) is 102 Å². The minimum absolute atomic E-state index is 0.0432. The molecule has 0 atom stereocenters. The number of ether oxygens (including phenoxy) is 2. The number of nitro groups is 1. The second-order valence-corrected chi connectivity index (χ2v) is 6.94. The number of hydrogen-bond donors (Lipinski definition) is 0. The van der Waals surface area contributed by atoms with E-state index in [9.17, 15) is 19.7 Å². The summed E-state index contributed by atoms with van der Waals surface area (Å²) in [5.74, 6) is -1.17. The zero-order valence-electron chi connectivity index (χ0n) is 16.9. The fourth-order valence-corrected chi connectivity index (χ4v) is 3.28. The third-order valence-corrected chi connectivity index (χ3v) is 4.88. The molecule has 9 nitrogen and oxygen atoms in total. The predicted molar refractivity (Wildman–Crippen MR) is 110 cm³/mol. The quantitative estimate of drug-likeness (QED) is 0.407. The number of nitrogens with zero attached hydrogens (tertiary/aromatic N) is 3. The Balaban J connectivity index is 1.74. The first kappa shape index (κ1) is 21.3. The van der Waals surface area contributed by atoms with Gasteiger partial charge in [0.1, 0.15) is 0 Å². The van der Waals surface area contributed by atoms with Crippen LogP contribution in [-0.4, -0.2) is 62.2 Å². The summed E-state index contributed by atoms with van der Waals surface area (Å²) in [7, 11) is 2.78. The highest BCUT2D eigenvalue weighted by molar-refractivity contribution is 5.98. The number of nitro benzene ring substituents is 1. The zero-order valence-corrected chi connectivity index (χ0v) is 16.9. The lowest BCUT2D eigenvalue weighted by atomic mass is 10.1. The van der Waals surface area contributed by atoms with E-state index in [0.29, 0.717) is 19.8 Å². The number of hydrogen-bond acceptors (Lipinski definition) is 7. The number of carbonyl (C=O) groups is 2. The lowest BCUT2D eigenvalue weighted by molar-refractivity contribution is -0.384. The number of esters is 1. The van der Waals surface area contributed by atoms with Crippen molar-refractivity contribution in [3.8, 4) is 0 Å². The minimum Gasteiger partial charge on any atom is -0.465 e. The van der Waals surface area contributed by atoms with Crippen molar-refractivity contribution in [1.29, 1.82) is 0 Å². The van der Waals surface area contributed by atoms with Crippen LogP contribution < -0.4 is 4.90 Å². The summed E-state index contributed by atoms with van der Waals surface area (Å²) in [4.78, 5) is 38.9. The van der Waals surface area contributed by atoms with Crippen LogP contribution >= 0.6 is 0 Å². The third kappa shape index (κ3) is 4.93. The van der Waals surface area contributed by atoms with Gasteiger partial charge < -0.3 is 19.3 Å². The van der Waals surface area contributed by atoms with Crippen molar-refractivity contribution >= 4 is 23.3 Å². The molecule has 0 radical (unpaired) electrons. The van der Waals surface area contributed by atoms with E-state index in [1.165, 1.54) is 18.1 Å². The average molecular weight is 413 g/mol. The molecule has 0 unspecified atom stereocenters. The Morgan fingerprint density at radius 3 is 2.37 bits per heavy atom. The van der Waals surface area contributed by atoms with Gasteiger partial charge >= 0.3 is 5.97 Å². The Bertz CT molecular complexity index is 938. The summed E-state index contributed by atoms with van der Waals surface area (Å²) >= 11 is 0. The summed E-state index contributed by atoms with van der Waals surface area (Å²) in [6, 6.07) is 11.5. The number of methoxy groups -OCH3 is 1. The third-order valence-electron chi connectivity index (χ3n) is 4.88. The number of anilines is 1. The summed E-state index contributed by atoms with van der Waals surface area (Å²) in [6.45, 7) is 3.41. The van der Waals surface area contributed by atoms with Crippen molar-refractivity contribution in [2.24, 2.45) is 0 Å². The van der Waals surface area contributed by atoms with E-state index in [1.54, 1.807) is 7.05 Å². The average Bonchev–Trinajstić information content (AvgIpc) is 2.78. The fourth-order valence-electron chi connectivity index (χ4n) is 3.28. The molecule has 1 fully saturated rings. The summed E-state index contributed by atoms with van der Waals surface area (Å²) in [5, 5.41) is 11.2. The van der Waals surface area contributed by atoms with Crippen LogP contribution in [0.2, 0.25) is 0 Å². The predicted octanol–water partition coefficient (Wildman–Crippen LogP) is 2.49. The van der Waals surface area contributed by atoms with E-state index in [2.05, 4.69) is 9.64 Å². The van der Waals surface area contributed by atoms with Gasteiger partial charge in [0, 0.05) is 50.1 Å². The van der Waals surface area contributed by atoms with Gasteiger partial charge in [0.05, 0.1) is 30.8 Å². The zero-order chi connectivity index (χ0) is 21.7. The van der Waals surface area contributed by atoms with Crippen molar-refractivity contribution in [3.63, 3.8) is 0 Å². The number of morpholine rings is 1. The monoisotopic (exact) mass is 413 g/mol. The fraction of sp³-hybridized carbons (Fsp3) is 0.333. The Morgan fingerprint density at radius 1 is 1.13 bits per heavy atom. The lowest BCUT2D eigenvalue weighted by Gasteiger charge is -2.29. The second-order valence-electron chi connectivity index (χ2n) is 6.94. The molecular weight excluding hydrogens is 390 g/mol. The molecule has 0 N–H and O–H groups in total. The second kappa shape index (κ2) is 9.36. The van der Waals surface area contributed by atoms with Crippen LogP contribution in [0.1, 0.15) is 26.3 Å². The number of carbonyl (C=O) groups excluding carboxylic acids is 2. The van der Waals surface area contributed by atoms with E-state index in [-0.39, 0.29) is 16.8 Å². The van der Waals surface area contributed by atoms with Crippen LogP contribution in [0.5, 0.6) is 0 Å². The number of rotatable bonds is 6. The van der Waals surface area contributed by atoms with Gasteiger partial charge in [-0.15, -0.1) is 0 Å². The molecule has 1 amide bonds. The van der Waals surface area contributed by atoms with E-state index >= 15 is 0 Å². The summed E-state index contributed by atoms with van der Waals surface area (Å²) < 4.78 is 9.99. The number of amides is 1. The van der Waals surface area contributed by atoms with Gasteiger partial charge in [0.25, 0.3) is 11.6 Å². The molecule has 30 heavy (non-hydrogen) atoms. The highest BCUT2D eigenvalue weighted by Crippen LogP contribution is 2.21. The van der Waals surface area contributed by atoms with Gasteiger partial charge in [-0.1, -0.05) is 12.1 Å². The van der Waals surface area contributed by atoms with Crippen molar-refractivity contribution in [2.45, 2.75) is 6.54 Å². The molecule has 1 saturated heterocycles. The summed E-state index contributed by atoms with van der Waals surface area (Å²) in [6.07, 6.45) is 0. The van der Waals surface area contributed by atoms with Crippen LogP contribution in [-0.2, 0) is 16.0 Å². The maximum Gasteiger partial charge on any atom is 0.338 e. The Labute approximate surface area is 173 Å². The van der Waals surface area contributed by atoms with Gasteiger partial charge in [0.15, 0.2) is 0 Å². The molecule has 1 heterocycles. The normalized spacial score (nSPS) is 13.6. The first-order valence-electron chi connectivity index (χ1n) is 9.44. The molecule has 2 aromatic carbocycles. The van der Waals surface area contributed by atoms with Crippen molar-refractivity contribution < 1.29 is 24.0 Å². The maximum absolute atomic E-state index is 12.8. The Hall–Kier alpha value is -3.46. The first-order chi connectivity index (χ1) is 14.4. The van der Waals surface area contributed by atoms with Gasteiger partial charge in [0.2, 0.25) is 0 Å². The van der Waals surface area contributed by atoms with E-state index in [4.69, 9.17) is 4.74 Å². The van der Waals surface area contributed by atoms with Gasteiger partial charge in [-0.2, -0.15) is 0 Å². The van der Waals surface area contributed by atoms with Crippen LogP contribution in [0, 0.1) is 10.1 Å². The molecule has 158 valence electrons. The molecule has 9 heteroatoms. The van der Waals surface area contributed by atoms with Crippen molar-refractivity contribution in [1.82, 2.24) is 4.90 Å². The first-order valence-corrected chi connectivity index (χ1v) is 9.44. The molecule has 2 aromatic rings. The molecule has 1 aliphatic heterocycles. The Morgan fingerprint density at radius 2 is 1.77 bits per heavy atom. The molecule has 0 bridgehead atoms. The molecule has 0 spiro atoms. The summed E-state index contributed by atoms with van der Waals surface area (Å²) in [5.41, 5.74) is 1.68. The SMILES string of the molecule is COC(=O)c1cc(C(=O)N(C)Cc2ccc(N3CCOCC3)cc2)cc([N+](=O)[O-])c1. The molecule has 0 aliphatic carbocycles. The molecule has 1 aliphatic rings. The number of benzene rings is 2. The van der Waals surface area contributed by atoms with E-state index in [0.717, 1.165) is 36.5 Å². The highest BCUT2D eigenvalue weighted by atomic mass is 16.6. The smallest absolute Gasteiger partial charge is 0.338 e. The maximum atomic E-state index is 12.8. The van der Waals surface area contributed by atoms with Gasteiger partial charge in [-0.3, -0.25) is 14.9 Å². The molecular formula is C21H23N3O6. The van der Waals surface area contributed by atoms with E-state index in [1.807, 2.05) is 24.3 Å². The van der Waals surface area contributed by atoms with E-state index < -0.39 is 16.8 Å². The molecule has 0 saturated carbocycles. The van der Waals surface area contributed by atoms with Crippen LogP contribution in [0.3, 0.4) is 0 Å². The van der Waals surface area contributed by atoms with Crippen LogP contribution in [0.15, 0.2) is 42.5 Å². The minimum atomic E-state index is -0.742. The standard InChI is InChI=1S/C21H23N3O6/c1-22(14-15-3-5-18(6-4-15)23-7-9-30-10-8-23)20(25)16-11-17(21(26)29-2)13-19(12-16)24(27)28/h3-6,11-13H,7-10,14H2,1-2H3. The van der Waals surface area contributed by atoms with Crippen molar-refractivity contribution in [3.05, 3.63) is 69.3 Å². The molecule has 3 rings (SSSR count). The van der Waals surface area contributed by atoms with Crippen LogP contribution in [0.4, 0.5) is 11.4 Å². The van der Waals surface area contributed by atoms with Crippen LogP contribution in [0.25, 0.3) is 0 Å². The highest BCUT2D eigenvalue weighted by Gasteiger charge is 2.21.